The molecule has 0 aromatic heterocycles. The Morgan fingerprint density at radius 1 is 1.42 bits per heavy atom. The van der Waals surface area contributed by atoms with Crippen LogP contribution in [0.3, 0.4) is 0 Å². The van der Waals surface area contributed by atoms with Crippen LogP contribution in [0.2, 0.25) is 0 Å². The molecule has 0 radical (unpaired) electrons. The Bertz CT molecular complexity index is 194. The van der Waals surface area contributed by atoms with E-state index in [2.05, 4.69) is 4.72 Å². The van der Waals surface area contributed by atoms with Gasteiger partial charge in [-0.2, -0.15) is 11.8 Å². The second-order valence-electron chi connectivity index (χ2n) is 2.32. The number of alkyl halides is 1. The third-order valence-electron chi connectivity index (χ3n) is 1.24. The van der Waals surface area contributed by atoms with E-state index in [9.17, 15) is 8.42 Å². The summed E-state index contributed by atoms with van der Waals surface area (Å²) in [6, 6.07) is 0. The Balaban J connectivity index is 3.32. The molecule has 0 aliphatic heterocycles. The van der Waals surface area contributed by atoms with Crippen molar-refractivity contribution in [3.8, 4) is 0 Å². The monoisotopic (exact) mass is 231 g/mol. The van der Waals surface area contributed by atoms with Gasteiger partial charge < -0.3 is 0 Å². The van der Waals surface area contributed by atoms with E-state index in [1.54, 1.807) is 11.8 Å². The Hall–Kier alpha value is 0.550. The zero-order valence-electron chi connectivity index (χ0n) is 7.05. The van der Waals surface area contributed by atoms with Crippen LogP contribution in [-0.2, 0) is 10.0 Å². The summed E-state index contributed by atoms with van der Waals surface area (Å²) in [6.07, 6.45) is 3.94. The lowest BCUT2D eigenvalue weighted by Gasteiger charge is -2.02. The number of hydrogen-bond donors (Lipinski definition) is 1. The third kappa shape index (κ3) is 7.21. The van der Waals surface area contributed by atoms with Crippen molar-refractivity contribution in [2.45, 2.75) is 12.8 Å². The lowest BCUT2D eigenvalue weighted by atomic mass is 10.3. The molecule has 0 aliphatic carbocycles. The molecule has 12 heavy (non-hydrogen) atoms. The standard InChI is InChI=1S/C6H14ClNO2S2/c1-11-5-3-2-4-8-12(9,10)6-7/h8H,2-6H2,1H3. The number of nitrogens with one attached hydrogen (secondary N) is 1. The predicted octanol–water partition coefficient (Wildman–Crippen LogP) is 1.25. The molecule has 0 aromatic rings. The average Bonchev–Trinajstić information content (AvgIpc) is 2.04. The van der Waals surface area contributed by atoms with Crippen LogP contribution in [0.1, 0.15) is 12.8 Å². The van der Waals surface area contributed by atoms with Crippen molar-refractivity contribution >= 4 is 33.4 Å². The summed E-state index contributed by atoms with van der Waals surface area (Å²) in [4.78, 5) is 0. The summed E-state index contributed by atoms with van der Waals surface area (Å²) in [5.74, 6) is 1.07. The fourth-order valence-corrected chi connectivity index (χ4v) is 1.89. The minimum atomic E-state index is -3.20. The van der Waals surface area contributed by atoms with Gasteiger partial charge in [-0.15, -0.1) is 11.6 Å². The van der Waals surface area contributed by atoms with Crippen LogP contribution in [0.4, 0.5) is 0 Å². The van der Waals surface area contributed by atoms with Crippen molar-refractivity contribution in [2.75, 3.05) is 23.8 Å². The number of halogens is 1. The smallest absolute Gasteiger partial charge is 0.214 e. The molecule has 0 bridgehead atoms. The predicted molar refractivity (Wildman–Crippen MR) is 55.3 cm³/mol. The number of thioether (sulfide) groups is 1. The molecule has 0 atom stereocenters. The highest BCUT2D eigenvalue weighted by Gasteiger charge is 2.05. The van der Waals surface area contributed by atoms with E-state index in [4.69, 9.17) is 11.6 Å². The molecule has 0 amide bonds. The second-order valence-corrected chi connectivity index (χ2v) is 5.69. The first-order valence-corrected chi connectivity index (χ1v) is 7.22. The minimum absolute atomic E-state index is 0.352. The van der Waals surface area contributed by atoms with Gasteiger partial charge in [-0.25, -0.2) is 13.1 Å². The maximum atomic E-state index is 10.8. The van der Waals surface area contributed by atoms with Gasteiger partial charge in [0, 0.05) is 6.54 Å². The number of rotatable bonds is 7. The lowest BCUT2D eigenvalue weighted by Crippen LogP contribution is -2.25. The van der Waals surface area contributed by atoms with Gasteiger partial charge in [-0.1, -0.05) is 0 Å². The van der Waals surface area contributed by atoms with Gasteiger partial charge in [0.15, 0.2) is 0 Å². The lowest BCUT2D eigenvalue weighted by molar-refractivity contribution is 0.583. The van der Waals surface area contributed by atoms with Gasteiger partial charge >= 0.3 is 0 Å². The molecule has 0 fully saturated rings. The largest absolute Gasteiger partial charge is 0.225 e. The van der Waals surface area contributed by atoms with Gasteiger partial charge in [0.25, 0.3) is 0 Å². The zero-order valence-corrected chi connectivity index (χ0v) is 9.44. The summed E-state index contributed by atoms with van der Waals surface area (Å²) >= 11 is 6.94. The Morgan fingerprint density at radius 2 is 2.08 bits per heavy atom. The summed E-state index contributed by atoms with van der Waals surface area (Å²) in [6.45, 7) is 0.496. The first-order chi connectivity index (χ1) is 5.62. The van der Waals surface area contributed by atoms with Crippen LogP contribution in [0.25, 0.3) is 0 Å². The molecular weight excluding hydrogens is 218 g/mol. The van der Waals surface area contributed by atoms with Crippen LogP contribution >= 0.6 is 23.4 Å². The van der Waals surface area contributed by atoms with Gasteiger partial charge in [0.05, 0.1) is 0 Å². The highest BCUT2D eigenvalue weighted by Crippen LogP contribution is 1.98. The van der Waals surface area contributed by atoms with E-state index in [-0.39, 0.29) is 5.21 Å². The van der Waals surface area contributed by atoms with E-state index in [0.717, 1.165) is 18.6 Å². The van der Waals surface area contributed by atoms with E-state index >= 15 is 0 Å². The molecule has 0 aromatic carbocycles. The van der Waals surface area contributed by atoms with Crippen molar-refractivity contribution in [3.63, 3.8) is 0 Å². The molecule has 0 unspecified atom stereocenters. The number of hydrogen-bond acceptors (Lipinski definition) is 3. The van der Waals surface area contributed by atoms with Gasteiger partial charge in [-0.05, 0) is 24.9 Å². The molecule has 0 heterocycles. The van der Waals surface area contributed by atoms with Gasteiger partial charge in [0.2, 0.25) is 10.0 Å². The maximum Gasteiger partial charge on any atom is 0.225 e. The van der Waals surface area contributed by atoms with Crippen molar-refractivity contribution in [3.05, 3.63) is 0 Å². The topological polar surface area (TPSA) is 46.2 Å². The molecule has 6 heteroatoms. The second kappa shape index (κ2) is 7.00. The Labute approximate surface area is 83.3 Å². The molecule has 0 rings (SSSR count). The van der Waals surface area contributed by atoms with E-state index in [1.165, 1.54) is 0 Å². The average molecular weight is 232 g/mol. The minimum Gasteiger partial charge on any atom is -0.214 e. The third-order valence-corrected chi connectivity index (χ3v) is 3.73. The summed E-state index contributed by atoms with van der Waals surface area (Å²) in [5, 5.41) is -0.352. The van der Waals surface area contributed by atoms with Crippen molar-refractivity contribution in [2.24, 2.45) is 0 Å². The van der Waals surface area contributed by atoms with Gasteiger partial charge in [0.1, 0.15) is 5.21 Å². The van der Waals surface area contributed by atoms with Crippen LogP contribution in [0.15, 0.2) is 0 Å². The Morgan fingerprint density at radius 3 is 2.58 bits per heavy atom. The SMILES string of the molecule is CSCCCCNS(=O)(=O)CCl. The molecule has 0 aliphatic rings. The highest BCUT2D eigenvalue weighted by atomic mass is 35.5. The quantitative estimate of drug-likeness (QED) is 0.530. The van der Waals surface area contributed by atoms with Crippen LogP contribution in [-0.4, -0.2) is 32.2 Å². The maximum absolute atomic E-state index is 10.8. The number of unbranched alkanes of at least 4 members (excludes halogenated alkanes) is 1. The van der Waals surface area contributed by atoms with E-state index in [0.29, 0.717) is 6.54 Å². The van der Waals surface area contributed by atoms with Crippen molar-refractivity contribution < 1.29 is 8.42 Å². The summed E-state index contributed by atoms with van der Waals surface area (Å²) in [7, 11) is -3.20. The van der Waals surface area contributed by atoms with Crippen molar-refractivity contribution in [1.29, 1.82) is 0 Å². The number of sulfonamides is 1. The molecule has 1 N–H and O–H groups in total. The first-order valence-electron chi connectivity index (χ1n) is 3.64. The first kappa shape index (κ1) is 12.6. The fraction of sp³-hybridized carbons (Fsp3) is 1.00. The van der Waals surface area contributed by atoms with Crippen molar-refractivity contribution in [1.82, 2.24) is 4.72 Å². The van der Waals surface area contributed by atoms with Crippen LogP contribution in [0, 0.1) is 0 Å². The molecule has 3 nitrogen and oxygen atoms in total. The summed E-state index contributed by atoms with van der Waals surface area (Å²) in [5.41, 5.74) is 0. The fourth-order valence-electron chi connectivity index (χ4n) is 0.638. The molecule has 0 spiro atoms. The highest BCUT2D eigenvalue weighted by molar-refractivity contribution is 7.98. The Kier molecular flexibility index (Phi) is 7.32. The molecule has 0 saturated carbocycles. The molecule has 74 valence electrons. The van der Waals surface area contributed by atoms with Crippen LogP contribution in [0.5, 0.6) is 0 Å². The normalized spacial score (nSPS) is 11.8. The van der Waals surface area contributed by atoms with Gasteiger partial charge in [-0.3, -0.25) is 0 Å². The molecular formula is C6H14ClNO2S2. The van der Waals surface area contributed by atoms with Crippen LogP contribution < -0.4 is 4.72 Å². The van der Waals surface area contributed by atoms with E-state index in [1.807, 2.05) is 6.26 Å². The van der Waals surface area contributed by atoms with E-state index < -0.39 is 10.0 Å². The zero-order chi connectivity index (χ0) is 9.45. The molecule has 0 saturated heterocycles. The summed E-state index contributed by atoms with van der Waals surface area (Å²) < 4.78 is 24.0.